The number of aryl methyl sites for hydroxylation is 1. The van der Waals surface area contributed by atoms with Crippen LogP contribution in [0.2, 0.25) is 0 Å². The van der Waals surface area contributed by atoms with Gasteiger partial charge >= 0.3 is 5.97 Å². The lowest BCUT2D eigenvalue weighted by Gasteiger charge is -2.53. The minimum atomic E-state index is -0.275. The van der Waals surface area contributed by atoms with Gasteiger partial charge in [-0.15, -0.1) is 0 Å². The fraction of sp³-hybridized carbons (Fsp3) is 0.720. The van der Waals surface area contributed by atoms with Crippen molar-refractivity contribution in [3.05, 3.63) is 29.3 Å². The highest BCUT2D eigenvalue weighted by Crippen LogP contribution is 2.63. The van der Waals surface area contributed by atoms with E-state index >= 15 is 0 Å². The SMILES string of the molecule is CC(C)(C)COC(=O)C[C@H]1C[C@]2(C)C(O)CC[C@H]2[C@@H]2CCc3cc(O)ccc3[C@@H]12. The Balaban J connectivity index is 1.64. The van der Waals surface area contributed by atoms with E-state index in [1.165, 1.54) is 11.1 Å². The Morgan fingerprint density at radius 2 is 2.00 bits per heavy atom. The lowest BCUT2D eigenvalue weighted by atomic mass is 9.51. The molecular formula is C25H36O4. The minimum Gasteiger partial charge on any atom is -0.508 e. The topological polar surface area (TPSA) is 66.8 Å². The van der Waals surface area contributed by atoms with Crippen LogP contribution in [0.15, 0.2) is 18.2 Å². The zero-order valence-electron chi connectivity index (χ0n) is 18.3. The maximum Gasteiger partial charge on any atom is 0.306 e. The summed E-state index contributed by atoms with van der Waals surface area (Å²) in [7, 11) is 0. The van der Waals surface area contributed by atoms with Crippen LogP contribution in [0, 0.1) is 28.6 Å². The van der Waals surface area contributed by atoms with Crippen molar-refractivity contribution in [2.75, 3.05) is 6.61 Å². The first-order valence-electron chi connectivity index (χ1n) is 11.2. The van der Waals surface area contributed by atoms with Crippen LogP contribution in [0.25, 0.3) is 0 Å². The molecule has 4 rings (SSSR count). The number of phenols is 1. The van der Waals surface area contributed by atoms with E-state index in [0.29, 0.717) is 36.5 Å². The average molecular weight is 401 g/mol. The van der Waals surface area contributed by atoms with Gasteiger partial charge in [0.25, 0.3) is 0 Å². The van der Waals surface area contributed by atoms with Crippen molar-refractivity contribution in [2.24, 2.45) is 28.6 Å². The highest BCUT2D eigenvalue weighted by Gasteiger charge is 2.57. The second-order valence-electron chi connectivity index (χ2n) is 11.2. The molecule has 4 nitrogen and oxygen atoms in total. The quantitative estimate of drug-likeness (QED) is 0.714. The van der Waals surface area contributed by atoms with E-state index in [4.69, 9.17) is 4.74 Å². The van der Waals surface area contributed by atoms with Crippen LogP contribution in [0.5, 0.6) is 5.75 Å². The van der Waals surface area contributed by atoms with Gasteiger partial charge in [-0.3, -0.25) is 4.79 Å². The number of hydrogen-bond donors (Lipinski definition) is 2. The summed E-state index contributed by atoms with van der Waals surface area (Å²) in [6.45, 7) is 8.88. The summed E-state index contributed by atoms with van der Waals surface area (Å²) in [5, 5.41) is 20.8. The molecule has 1 aromatic carbocycles. The average Bonchev–Trinajstić information content (AvgIpc) is 2.93. The summed E-state index contributed by atoms with van der Waals surface area (Å²) >= 11 is 0. The molecule has 4 heteroatoms. The van der Waals surface area contributed by atoms with E-state index in [9.17, 15) is 15.0 Å². The van der Waals surface area contributed by atoms with Gasteiger partial charge in [0.2, 0.25) is 0 Å². The number of aliphatic hydroxyl groups is 1. The first kappa shape index (κ1) is 20.7. The molecule has 2 fully saturated rings. The Morgan fingerprint density at radius 3 is 2.72 bits per heavy atom. The lowest BCUT2D eigenvalue weighted by Crippen LogP contribution is -2.48. The summed E-state index contributed by atoms with van der Waals surface area (Å²) < 4.78 is 5.63. The predicted octanol–water partition coefficient (Wildman–Crippen LogP) is 4.81. The van der Waals surface area contributed by atoms with Gasteiger partial charge in [0.05, 0.1) is 12.7 Å². The van der Waals surface area contributed by atoms with Crippen molar-refractivity contribution >= 4 is 5.97 Å². The van der Waals surface area contributed by atoms with Crippen molar-refractivity contribution in [2.45, 2.75) is 78.2 Å². The molecule has 0 bridgehead atoms. The van der Waals surface area contributed by atoms with Crippen molar-refractivity contribution in [3.8, 4) is 5.75 Å². The minimum absolute atomic E-state index is 0.0432. The van der Waals surface area contributed by atoms with E-state index in [1.54, 1.807) is 6.07 Å². The Bertz CT molecular complexity index is 780. The van der Waals surface area contributed by atoms with Crippen molar-refractivity contribution < 1.29 is 19.7 Å². The van der Waals surface area contributed by atoms with Gasteiger partial charge in [-0.1, -0.05) is 33.8 Å². The zero-order chi connectivity index (χ0) is 21.0. The molecule has 0 radical (unpaired) electrons. The molecule has 2 N–H and O–H groups in total. The lowest BCUT2D eigenvalue weighted by molar-refractivity contribution is -0.149. The van der Waals surface area contributed by atoms with Gasteiger partial charge in [0, 0.05) is 6.42 Å². The molecule has 0 saturated heterocycles. The van der Waals surface area contributed by atoms with Crippen LogP contribution in [0.3, 0.4) is 0 Å². The molecule has 1 aromatic rings. The summed E-state index contributed by atoms with van der Waals surface area (Å²) in [5.41, 5.74) is 2.38. The summed E-state index contributed by atoms with van der Waals surface area (Å²) in [6, 6.07) is 5.76. The van der Waals surface area contributed by atoms with Crippen LogP contribution in [-0.4, -0.2) is 28.9 Å². The molecule has 6 atom stereocenters. The number of aromatic hydroxyl groups is 1. The molecule has 2 saturated carbocycles. The van der Waals surface area contributed by atoms with Crippen LogP contribution < -0.4 is 0 Å². The number of rotatable bonds is 3. The Kier molecular flexibility index (Phi) is 5.21. The third-order valence-corrected chi connectivity index (χ3v) is 7.88. The number of ether oxygens (including phenoxy) is 1. The van der Waals surface area contributed by atoms with Crippen LogP contribution in [0.4, 0.5) is 0 Å². The van der Waals surface area contributed by atoms with E-state index in [2.05, 4.69) is 33.8 Å². The number of carbonyl (C=O) groups excluding carboxylic acids is 1. The molecule has 0 amide bonds. The Labute approximate surface area is 174 Å². The molecule has 3 aliphatic rings. The number of benzene rings is 1. The highest BCUT2D eigenvalue weighted by molar-refractivity contribution is 5.70. The van der Waals surface area contributed by atoms with E-state index in [0.717, 1.165) is 32.1 Å². The molecule has 1 unspecified atom stereocenters. The molecule has 0 spiro atoms. The number of esters is 1. The Morgan fingerprint density at radius 1 is 1.24 bits per heavy atom. The third kappa shape index (κ3) is 3.81. The van der Waals surface area contributed by atoms with Crippen LogP contribution in [0.1, 0.15) is 76.8 Å². The normalized spacial score (nSPS) is 36.1. The van der Waals surface area contributed by atoms with Gasteiger partial charge in [-0.05, 0) is 89.9 Å². The first-order chi connectivity index (χ1) is 13.6. The zero-order valence-corrected chi connectivity index (χ0v) is 18.3. The molecule has 29 heavy (non-hydrogen) atoms. The second-order valence-corrected chi connectivity index (χ2v) is 11.2. The molecule has 0 heterocycles. The molecule has 3 aliphatic carbocycles. The van der Waals surface area contributed by atoms with E-state index < -0.39 is 0 Å². The number of aliphatic hydroxyl groups excluding tert-OH is 1. The fourth-order valence-electron chi connectivity index (χ4n) is 6.62. The van der Waals surface area contributed by atoms with Gasteiger partial charge in [-0.25, -0.2) is 0 Å². The maximum atomic E-state index is 12.8. The van der Waals surface area contributed by atoms with Gasteiger partial charge in [-0.2, -0.15) is 0 Å². The third-order valence-electron chi connectivity index (χ3n) is 7.88. The number of fused-ring (bicyclic) bond motifs is 5. The molecule has 0 aromatic heterocycles. The van der Waals surface area contributed by atoms with Gasteiger partial charge in [0.1, 0.15) is 5.75 Å². The summed E-state index contributed by atoms with van der Waals surface area (Å²) in [4.78, 5) is 12.8. The van der Waals surface area contributed by atoms with E-state index in [-0.39, 0.29) is 28.8 Å². The molecule has 160 valence electrons. The van der Waals surface area contributed by atoms with Crippen LogP contribution in [-0.2, 0) is 16.0 Å². The smallest absolute Gasteiger partial charge is 0.306 e. The standard InChI is InChI=1S/C25H36O4/c1-24(2,3)14-29-22(28)12-16-13-25(4)20(9-10-21(25)27)19-7-5-15-11-17(26)6-8-18(15)23(16)19/h6,8,11,16,19-21,23,26-27H,5,7,9-10,12-14H2,1-4H3/t16-,19-,20-,21?,23+,25-/m0/s1. The van der Waals surface area contributed by atoms with Crippen LogP contribution >= 0.6 is 0 Å². The number of hydrogen-bond acceptors (Lipinski definition) is 4. The Hall–Kier alpha value is -1.55. The highest BCUT2D eigenvalue weighted by atomic mass is 16.5. The summed E-state index contributed by atoms with van der Waals surface area (Å²) in [6.07, 6.45) is 4.98. The van der Waals surface area contributed by atoms with Crippen molar-refractivity contribution in [1.82, 2.24) is 0 Å². The number of carbonyl (C=O) groups is 1. The molecule has 0 aliphatic heterocycles. The fourth-order valence-corrected chi connectivity index (χ4v) is 6.62. The summed E-state index contributed by atoms with van der Waals surface area (Å²) in [5.74, 6) is 1.68. The van der Waals surface area contributed by atoms with Crippen molar-refractivity contribution in [3.63, 3.8) is 0 Å². The van der Waals surface area contributed by atoms with Gasteiger partial charge in [0.15, 0.2) is 0 Å². The predicted molar refractivity (Wildman–Crippen MR) is 113 cm³/mol. The molecular weight excluding hydrogens is 364 g/mol. The number of phenolic OH excluding ortho intramolecular Hbond substituents is 1. The first-order valence-corrected chi connectivity index (χ1v) is 11.2. The maximum absolute atomic E-state index is 12.8. The van der Waals surface area contributed by atoms with E-state index in [1.807, 2.05) is 6.07 Å². The monoisotopic (exact) mass is 400 g/mol. The van der Waals surface area contributed by atoms with Gasteiger partial charge < -0.3 is 14.9 Å². The largest absolute Gasteiger partial charge is 0.508 e. The second kappa shape index (κ2) is 7.30. The van der Waals surface area contributed by atoms with Crippen molar-refractivity contribution in [1.29, 1.82) is 0 Å².